The lowest BCUT2D eigenvalue weighted by atomic mass is 10.2. The molecule has 0 saturated heterocycles. The van der Waals surface area contributed by atoms with Crippen molar-refractivity contribution < 1.29 is 4.74 Å². The minimum absolute atomic E-state index is 0.119. The minimum Gasteiger partial charge on any atom is -0.490 e. The van der Waals surface area contributed by atoms with Crippen LogP contribution in [0, 0.1) is 0 Å². The van der Waals surface area contributed by atoms with Crippen LogP contribution in [0.2, 0.25) is 0 Å². The van der Waals surface area contributed by atoms with Gasteiger partial charge in [-0.2, -0.15) is 0 Å². The molecule has 0 spiro atoms. The van der Waals surface area contributed by atoms with Gasteiger partial charge in [0.2, 0.25) is 5.75 Å². The number of hydrogen-bond acceptors (Lipinski definition) is 7. The number of hydrogen-bond donors (Lipinski definition) is 2. The van der Waals surface area contributed by atoms with E-state index in [2.05, 4.69) is 32.5 Å². The van der Waals surface area contributed by atoms with Crippen molar-refractivity contribution in [1.82, 2.24) is 15.0 Å². The quantitative estimate of drug-likeness (QED) is 0.846. The van der Waals surface area contributed by atoms with E-state index in [0.29, 0.717) is 17.4 Å². The lowest BCUT2D eigenvalue weighted by Crippen LogP contribution is -2.12. The van der Waals surface area contributed by atoms with Gasteiger partial charge in [0.15, 0.2) is 11.6 Å². The maximum atomic E-state index is 5.36. The van der Waals surface area contributed by atoms with Crippen LogP contribution in [-0.2, 0) is 0 Å². The Balaban J connectivity index is 2.27. The highest BCUT2D eigenvalue weighted by Gasteiger charge is 2.17. The third kappa shape index (κ3) is 2.93. The summed E-state index contributed by atoms with van der Waals surface area (Å²) in [6.07, 6.45) is 4.22. The molecule has 19 heavy (non-hydrogen) atoms. The summed E-state index contributed by atoms with van der Waals surface area (Å²) in [6, 6.07) is 0.119. The zero-order chi connectivity index (χ0) is 13.7. The molecule has 0 aliphatic rings. The molecule has 0 bridgehead atoms. The second-order valence-corrected chi connectivity index (χ2v) is 4.76. The lowest BCUT2D eigenvalue weighted by Gasteiger charge is -2.18. The topological polar surface area (TPSA) is 72.0 Å². The molecule has 0 radical (unpaired) electrons. The molecule has 1 atom stereocenters. The first-order valence-corrected chi connectivity index (χ1v) is 6.90. The van der Waals surface area contributed by atoms with Crippen molar-refractivity contribution in [2.45, 2.75) is 19.4 Å². The normalized spacial score (nSPS) is 11.9. The van der Waals surface area contributed by atoms with Crippen LogP contribution in [0.5, 0.6) is 5.75 Å². The van der Waals surface area contributed by atoms with Crippen LogP contribution in [-0.4, -0.2) is 29.1 Å². The summed E-state index contributed by atoms with van der Waals surface area (Å²) in [6.45, 7) is 2.10. The van der Waals surface area contributed by atoms with E-state index < -0.39 is 0 Å². The molecule has 102 valence electrons. The maximum Gasteiger partial charge on any atom is 0.204 e. The molecular formula is C12H17N5OS. The molecule has 2 heterocycles. The molecule has 6 nitrogen and oxygen atoms in total. The number of anilines is 2. The van der Waals surface area contributed by atoms with Gasteiger partial charge in [-0.1, -0.05) is 6.92 Å². The van der Waals surface area contributed by atoms with Gasteiger partial charge >= 0.3 is 0 Å². The first-order valence-electron chi connectivity index (χ1n) is 6.02. The number of rotatable bonds is 6. The molecule has 2 N–H and O–H groups in total. The number of thiazole rings is 1. The molecule has 7 heteroatoms. The highest BCUT2D eigenvalue weighted by atomic mass is 32.1. The smallest absolute Gasteiger partial charge is 0.204 e. The Morgan fingerprint density at radius 1 is 1.32 bits per heavy atom. The first kappa shape index (κ1) is 13.5. The predicted octanol–water partition coefficient (Wildman–Crippen LogP) is 2.55. The fraction of sp³-hybridized carbons (Fsp3) is 0.417. The molecule has 2 rings (SSSR count). The summed E-state index contributed by atoms with van der Waals surface area (Å²) in [5, 5.41) is 9.35. The summed E-state index contributed by atoms with van der Waals surface area (Å²) in [5.41, 5.74) is 0. The monoisotopic (exact) mass is 279 g/mol. The number of methoxy groups -OCH3 is 1. The number of nitrogens with one attached hydrogen (secondary N) is 2. The molecule has 1 unspecified atom stereocenters. The van der Waals surface area contributed by atoms with Gasteiger partial charge < -0.3 is 15.4 Å². The summed E-state index contributed by atoms with van der Waals surface area (Å²) in [7, 11) is 3.40. The van der Waals surface area contributed by atoms with Crippen molar-refractivity contribution in [3.8, 4) is 5.75 Å². The summed E-state index contributed by atoms with van der Waals surface area (Å²) >= 11 is 1.62. The second kappa shape index (κ2) is 6.33. The van der Waals surface area contributed by atoms with Crippen LogP contribution in [0.25, 0.3) is 0 Å². The molecule has 0 fully saturated rings. The minimum atomic E-state index is 0.119. The summed E-state index contributed by atoms with van der Waals surface area (Å²) in [5.74, 6) is 1.94. The van der Waals surface area contributed by atoms with E-state index in [1.165, 1.54) is 6.33 Å². The Hall–Kier alpha value is -1.89. The third-order valence-electron chi connectivity index (χ3n) is 2.71. The van der Waals surface area contributed by atoms with Crippen molar-refractivity contribution in [3.05, 3.63) is 22.9 Å². The second-order valence-electron chi connectivity index (χ2n) is 3.83. The van der Waals surface area contributed by atoms with E-state index in [4.69, 9.17) is 4.74 Å². The van der Waals surface area contributed by atoms with Crippen LogP contribution in [0.15, 0.2) is 17.9 Å². The van der Waals surface area contributed by atoms with Crippen LogP contribution >= 0.6 is 11.3 Å². The molecule has 0 saturated carbocycles. The van der Waals surface area contributed by atoms with Crippen LogP contribution < -0.4 is 15.4 Å². The van der Waals surface area contributed by atoms with Crippen LogP contribution in [0.4, 0.5) is 11.6 Å². The fourth-order valence-corrected chi connectivity index (χ4v) is 2.53. The summed E-state index contributed by atoms with van der Waals surface area (Å²) in [4.78, 5) is 12.7. The molecule has 0 aliphatic heterocycles. The molecule has 2 aromatic heterocycles. The predicted molar refractivity (Wildman–Crippen MR) is 76.9 cm³/mol. The zero-order valence-corrected chi connectivity index (χ0v) is 12.0. The number of aromatic nitrogens is 3. The van der Waals surface area contributed by atoms with Crippen molar-refractivity contribution >= 4 is 23.0 Å². The van der Waals surface area contributed by atoms with Gasteiger partial charge in [-0.05, 0) is 6.42 Å². The third-order valence-corrected chi connectivity index (χ3v) is 3.60. The van der Waals surface area contributed by atoms with Crippen molar-refractivity contribution in [3.63, 3.8) is 0 Å². The molecule has 0 aliphatic carbocycles. The van der Waals surface area contributed by atoms with Crippen molar-refractivity contribution in [1.29, 1.82) is 0 Å². The van der Waals surface area contributed by atoms with Crippen LogP contribution in [0.3, 0.4) is 0 Å². The van der Waals surface area contributed by atoms with E-state index in [9.17, 15) is 0 Å². The van der Waals surface area contributed by atoms with Crippen molar-refractivity contribution in [2.24, 2.45) is 0 Å². The van der Waals surface area contributed by atoms with Gasteiger partial charge in [-0.3, -0.25) is 0 Å². The van der Waals surface area contributed by atoms with Gasteiger partial charge in [0, 0.05) is 18.6 Å². The lowest BCUT2D eigenvalue weighted by molar-refractivity contribution is 0.414. The largest absolute Gasteiger partial charge is 0.490 e. The summed E-state index contributed by atoms with van der Waals surface area (Å²) < 4.78 is 5.36. The van der Waals surface area contributed by atoms with Gasteiger partial charge in [0.25, 0.3) is 0 Å². The Bertz CT molecular complexity index is 517. The van der Waals surface area contributed by atoms with Crippen LogP contribution in [0.1, 0.15) is 24.4 Å². The maximum absolute atomic E-state index is 5.36. The Morgan fingerprint density at radius 2 is 2.11 bits per heavy atom. The number of nitrogens with zero attached hydrogens (tertiary/aromatic N) is 3. The fourth-order valence-electron chi connectivity index (χ4n) is 1.76. The van der Waals surface area contributed by atoms with E-state index in [1.54, 1.807) is 31.7 Å². The van der Waals surface area contributed by atoms with Gasteiger partial charge in [0.05, 0.1) is 13.2 Å². The standard InChI is InChI=1S/C12H17N5OS/c1-4-8(12-14-5-6-19-12)17-11-9(18-3)10(13-2)15-7-16-11/h5-8H,4H2,1-3H3,(H2,13,15,16,17). The van der Waals surface area contributed by atoms with Gasteiger partial charge in [0.1, 0.15) is 11.3 Å². The number of ether oxygens (including phenoxy) is 1. The van der Waals surface area contributed by atoms with E-state index in [1.807, 2.05) is 5.38 Å². The Kier molecular flexibility index (Phi) is 4.51. The van der Waals surface area contributed by atoms with Gasteiger partial charge in [-0.15, -0.1) is 11.3 Å². The highest BCUT2D eigenvalue weighted by Crippen LogP contribution is 2.32. The zero-order valence-electron chi connectivity index (χ0n) is 11.2. The van der Waals surface area contributed by atoms with Gasteiger partial charge in [-0.25, -0.2) is 15.0 Å². The molecular weight excluding hydrogens is 262 g/mol. The van der Waals surface area contributed by atoms with Crippen molar-refractivity contribution in [2.75, 3.05) is 24.8 Å². The molecule has 2 aromatic rings. The highest BCUT2D eigenvalue weighted by molar-refractivity contribution is 7.09. The Labute approximate surface area is 116 Å². The average Bonchev–Trinajstić information content (AvgIpc) is 2.98. The van der Waals surface area contributed by atoms with E-state index in [-0.39, 0.29) is 6.04 Å². The van der Waals surface area contributed by atoms with E-state index in [0.717, 1.165) is 11.4 Å². The molecule has 0 aromatic carbocycles. The van der Waals surface area contributed by atoms with E-state index >= 15 is 0 Å². The average molecular weight is 279 g/mol. The first-order chi connectivity index (χ1) is 9.30. The Morgan fingerprint density at radius 3 is 2.68 bits per heavy atom. The SMILES string of the molecule is CCC(Nc1ncnc(NC)c1OC)c1nccs1. The molecule has 0 amide bonds.